The third kappa shape index (κ3) is 2.34. The fourth-order valence-electron chi connectivity index (χ4n) is 3.38. The third-order valence-corrected chi connectivity index (χ3v) is 4.57. The van der Waals surface area contributed by atoms with Crippen molar-refractivity contribution in [1.82, 2.24) is 20.0 Å². The van der Waals surface area contributed by atoms with Crippen LogP contribution in [-0.4, -0.2) is 71.5 Å². The van der Waals surface area contributed by atoms with Crippen molar-refractivity contribution >= 4 is 17.9 Å². The van der Waals surface area contributed by atoms with Gasteiger partial charge in [-0.3, -0.25) is 10.1 Å². The molecule has 0 aromatic carbocycles. The van der Waals surface area contributed by atoms with Crippen molar-refractivity contribution in [2.45, 2.75) is 44.8 Å². The van der Waals surface area contributed by atoms with Crippen LogP contribution in [0.5, 0.6) is 0 Å². The van der Waals surface area contributed by atoms with Crippen LogP contribution in [0.1, 0.15) is 32.6 Å². The molecular formula is C14H23N5O2. The number of urea groups is 1. The molecule has 3 aliphatic rings. The van der Waals surface area contributed by atoms with Crippen molar-refractivity contribution in [2.75, 3.05) is 26.7 Å². The number of rotatable bonds is 1. The molecule has 0 aliphatic carbocycles. The van der Waals surface area contributed by atoms with Gasteiger partial charge in [-0.1, -0.05) is 12.8 Å². The van der Waals surface area contributed by atoms with E-state index < -0.39 is 12.2 Å². The summed E-state index contributed by atoms with van der Waals surface area (Å²) in [6, 6.07) is -0.755. The maximum absolute atomic E-state index is 12.2. The number of likely N-dealkylation sites (N-methyl/N-ethyl adjacent to an activating group) is 2. The summed E-state index contributed by atoms with van der Waals surface area (Å²) >= 11 is 0. The van der Waals surface area contributed by atoms with E-state index in [0.717, 1.165) is 31.9 Å². The van der Waals surface area contributed by atoms with Crippen LogP contribution in [0.2, 0.25) is 0 Å². The Labute approximate surface area is 125 Å². The Morgan fingerprint density at radius 2 is 1.86 bits per heavy atom. The van der Waals surface area contributed by atoms with E-state index in [1.165, 1.54) is 17.7 Å². The van der Waals surface area contributed by atoms with Crippen LogP contribution in [0, 0.1) is 0 Å². The van der Waals surface area contributed by atoms with Crippen molar-refractivity contribution in [1.29, 1.82) is 0 Å². The van der Waals surface area contributed by atoms with Gasteiger partial charge >= 0.3 is 6.03 Å². The molecule has 0 aromatic heterocycles. The molecule has 3 aliphatic heterocycles. The van der Waals surface area contributed by atoms with Crippen molar-refractivity contribution in [3.8, 4) is 0 Å². The van der Waals surface area contributed by atoms with E-state index in [0.29, 0.717) is 6.54 Å². The van der Waals surface area contributed by atoms with Crippen LogP contribution in [-0.2, 0) is 4.79 Å². The number of likely N-dealkylation sites (tertiary alicyclic amines) is 1. The average molecular weight is 293 g/mol. The van der Waals surface area contributed by atoms with Gasteiger partial charge in [0.1, 0.15) is 0 Å². The van der Waals surface area contributed by atoms with Crippen molar-refractivity contribution in [2.24, 2.45) is 4.99 Å². The lowest BCUT2D eigenvalue weighted by Crippen LogP contribution is -2.64. The highest BCUT2D eigenvalue weighted by atomic mass is 16.2. The molecule has 0 spiro atoms. The highest BCUT2D eigenvalue weighted by molar-refractivity contribution is 6.03. The number of aliphatic imine (C=N–C) groups is 1. The van der Waals surface area contributed by atoms with E-state index in [2.05, 4.69) is 10.2 Å². The number of hydrogen-bond donors (Lipinski definition) is 1. The molecule has 1 N–H and O–H groups in total. The van der Waals surface area contributed by atoms with Crippen LogP contribution in [0.4, 0.5) is 4.79 Å². The first-order chi connectivity index (χ1) is 10.1. The predicted molar refractivity (Wildman–Crippen MR) is 78.7 cm³/mol. The lowest BCUT2D eigenvalue weighted by molar-refractivity contribution is -0.127. The molecule has 2 fully saturated rings. The summed E-state index contributed by atoms with van der Waals surface area (Å²) in [6.45, 7) is 4.70. The first kappa shape index (κ1) is 14.2. The molecule has 116 valence electrons. The van der Waals surface area contributed by atoms with Gasteiger partial charge in [0.2, 0.25) is 0 Å². The molecule has 7 heteroatoms. The molecule has 0 bridgehead atoms. The first-order valence-corrected chi connectivity index (χ1v) is 7.80. The van der Waals surface area contributed by atoms with E-state index >= 15 is 0 Å². The minimum Gasteiger partial charge on any atom is -0.343 e. The zero-order chi connectivity index (χ0) is 15.0. The first-order valence-electron chi connectivity index (χ1n) is 7.80. The topological polar surface area (TPSA) is 68.2 Å². The molecule has 2 saturated heterocycles. The number of fused-ring (bicyclic) bond motifs is 1. The predicted octanol–water partition coefficient (Wildman–Crippen LogP) is 0.430. The highest BCUT2D eigenvalue weighted by Gasteiger charge is 2.49. The van der Waals surface area contributed by atoms with Crippen LogP contribution in [0.15, 0.2) is 4.99 Å². The van der Waals surface area contributed by atoms with E-state index in [-0.39, 0.29) is 11.9 Å². The number of nitrogens with zero attached hydrogens (tertiary/aromatic N) is 4. The molecule has 21 heavy (non-hydrogen) atoms. The summed E-state index contributed by atoms with van der Waals surface area (Å²) in [4.78, 5) is 34.5. The molecule has 7 nitrogen and oxygen atoms in total. The maximum atomic E-state index is 12.2. The monoisotopic (exact) mass is 293 g/mol. The Bertz CT molecular complexity index is 470. The lowest BCUT2D eigenvalue weighted by atomic mass is 10.1. The molecule has 2 unspecified atom stereocenters. The molecule has 3 rings (SSSR count). The number of carbonyl (C=O) groups is 2. The molecule has 3 heterocycles. The van der Waals surface area contributed by atoms with Crippen LogP contribution < -0.4 is 5.32 Å². The molecule has 2 atom stereocenters. The molecule has 0 saturated carbocycles. The highest BCUT2D eigenvalue weighted by Crippen LogP contribution is 2.26. The second-order valence-electron chi connectivity index (χ2n) is 5.88. The van der Waals surface area contributed by atoms with Crippen LogP contribution in [0.3, 0.4) is 0 Å². The quantitative estimate of drug-likeness (QED) is 0.761. The summed E-state index contributed by atoms with van der Waals surface area (Å²) in [6.07, 6.45) is 4.42. The van der Waals surface area contributed by atoms with Gasteiger partial charge in [0, 0.05) is 26.7 Å². The Morgan fingerprint density at radius 3 is 2.48 bits per heavy atom. The van der Waals surface area contributed by atoms with Crippen LogP contribution in [0.25, 0.3) is 0 Å². The largest absolute Gasteiger partial charge is 0.343 e. The maximum Gasteiger partial charge on any atom is 0.325 e. The number of nitrogens with one attached hydrogen (secondary N) is 1. The fourth-order valence-corrected chi connectivity index (χ4v) is 3.38. The zero-order valence-electron chi connectivity index (χ0n) is 12.7. The SMILES string of the molecule is CCN1C(N2CCCCCC2)=NC2C1C(=O)NC(=O)N2C. The molecule has 3 amide bonds. The van der Waals surface area contributed by atoms with Gasteiger partial charge in [-0.2, -0.15) is 0 Å². The third-order valence-electron chi connectivity index (χ3n) is 4.57. The molecular weight excluding hydrogens is 270 g/mol. The van der Waals surface area contributed by atoms with Gasteiger partial charge in [0.15, 0.2) is 18.2 Å². The van der Waals surface area contributed by atoms with Crippen molar-refractivity contribution in [3.05, 3.63) is 0 Å². The number of imide groups is 1. The van der Waals surface area contributed by atoms with E-state index in [1.54, 1.807) is 7.05 Å². The van der Waals surface area contributed by atoms with Gasteiger partial charge in [-0.15, -0.1) is 0 Å². The minimum absolute atomic E-state index is 0.237. The second-order valence-corrected chi connectivity index (χ2v) is 5.88. The fraction of sp³-hybridized carbons (Fsp3) is 0.786. The number of carbonyl (C=O) groups excluding carboxylic acids is 2. The Morgan fingerprint density at radius 1 is 1.19 bits per heavy atom. The number of amides is 3. The average Bonchev–Trinajstić information content (AvgIpc) is 2.66. The van der Waals surface area contributed by atoms with E-state index in [9.17, 15) is 9.59 Å². The molecule has 0 aromatic rings. The van der Waals surface area contributed by atoms with Gasteiger partial charge in [-0.25, -0.2) is 9.79 Å². The Hall–Kier alpha value is -1.79. The number of guanidine groups is 1. The van der Waals surface area contributed by atoms with Crippen molar-refractivity contribution < 1.29 is 9.59 Å². The summed E-state index contributed by atoms with van der Waals surface area (Å²) < 4.78 is 0. The standard InChI is InChI=1S/C14H23N5O2/c1-3-19-10-11(17(2)14(21)16-12(10)20)15-13(19)18-8-6-4-5-7-9-18/h10-11H,3-9H2,1-2H3,(H,16,20,21). The van der Waals surface area contributed by atoms with E-state index in [1.807, 2.05) is 11.8 Å². The lowest BCUT2D eigenvalue weighted by Gasteiger charge is -2.37. The van der Waals surface area contributed by atoms with Gasteiger partial charge in [-0.05, 0) is 19.8 Å². The molecule has 0 radical (unpaired) electrons. The summed E-state index contributed by atoms with van der Waals surface area (Å²) in [5.41, 5.74) is 0. The zero-order valence-corrected chi connectivity index (χ0v) is 12.7. The van der Waals surface area contributed by atoms with Crippen molar-refractivity contribution in [3.63, 3.8) is 0 Å². The Kier molecular flexibility index (Phi) is 3.73. The van der Waals surface area contributed by atoms with Gasteiger partial charge in [0.05, 0.1) is 0 Å². The van der Waals surface area contributed by atoms with Gasteiger partial charge in [0.25, 0.3) is 5.91 Å². The smallest absolute Gasteiger partial charge is 0.325 e. The number of hydrogen-bond acceptors (Lipinski definition) is 5. The normalized spacial score (nSPS) is 30.0. The van der Waals surface area contributed by atoms with Gasteiger partial charge < -0.3 is 14.7 Å². The summed E-state index contributed by atoms with van der Waals surface area (Å²) in [7, 11) is 1.70. The minimum atomic E-state index is -0.399. The van der Waals surface area contributed by atoms with Crippen LogP contribution >= 0.6 is 0 Å². The van der Waals surface area contributed by atoms with E-state index in [4.69, 9.17) is 4.99 Å². The Balaban J connectivity index is 1.89. The summed E-state index contributed by atoms with van der Waals surface area (Å²) in [5, 5.41) is 2.42. The summed E-state index contributed by atoms with van der Waals surface area (Å²) in [5.74, 6) is 0.643. The second kappa shape index (κ2) is 5.54.